The van der Waals surface area contributed by atoms with Crippen molar-refractivity contribution in [3.8, 4) is 22.3 Å². The number of hydrogen-bond donors (Lipinski definition) is 0. The first-order valence-corrected chi connectivity index (χ1v) is 22.2. The van der Waals surface area contributed by atoms with E-state index in [1.807, 2.05) is 11.8 Å². The number of fused-ring (bicyclic) bond motifs is 15. The number of nitrogens with zero attached hydrogens (tertiary/aromatic N) is 2. The Morgan fingerprint density at radius 3 is 2.15 bits per heavy atom. The minimum atomic E-state index is -0.198. The minimum Gasteiger partial charge on any atom is -0.454 e. The predicted octanol–water partition coefficient (Wildman–Crippen LogP) is 13.7. The molecule has 0 N–H and O–H groups in total. The Morgan fingerprint density at radius 2 is 1.31 bits per heavy atom. The predicted molar refractivity (Wildman–Crippen MR) is 249 cm³/mol. The van der Waals surface area contributed by atoms with Crippen molar-refractivity contribution in [2.45, 2.75) is 87.3 Å². The summed E-state index contributed by atoms with van der Waals surface area (Å²) in [7, 11) is 0. The summed E-state index contributed by atoms with van der Waals surface area (Å²) < 4.78 is 7.15. The van der Waals surface area contributed by atoms with Gasteiger partial charge in [0, 0.05) is 48.6 Å². The van der Waals surface area contributed by atoms with E-state index in [1.165, 1.54) is 100.0 Å². The van der Waals surface area contributed by atoms with Crippen LogP contribution in [0.4, 0.5) is 28.4 Å². The zero-order valence-electron chi connectivity index (χ0n) is 34.7. The van der Waals surface area contributed by atoms with Crippen molar-refractivity contribution >= 4 is 79.9 Å². The quantitative estimate of drug-likeness (QED) is 0.155. The summed E-state index contributed by atoms with van der Waals surface area (Å²) in [6.45, 7) is 16.9. The fraction of sp³-hybridized carbons (Fsp3) is 0.222. The average molecular weight is 781 g/mol. The van der Waals surface area contributed by atoms with E-state index in [0.29, 0.717) is 0 Å². The van der Waals surface area contributed by atoms with Gasteiger partial charge >= 0.3 is 6.85 Å². The highest BCUT2D eigenvalue weighted by Gasteiger charge is 2.52. The number of anilines is 5. The van der Waals surface area contributed by atoms with Crippen LogP contribution in [-0.2, 0) is 16.2 Å². The first-order valence-electron chi connectivity index (χ1n) is 21.3. The number of benzene rings is 7. The molecule has 5 heteroatoms. The second-order valence-corrected chi connectivity index (χ2v) is 20.6. The Labute approximate surface area is 351 Å². The number of para-hydroxylation sites is 3. The maximum absolute atomic E-state index is 7.15. The number of hydrogen-bond acceptors (Lipinski definition) is 4. The van der Waals surface area contributed by atoms with Gasteiger partial charge in [-0.15, -0.1) is 0 Å². The molecule has 0 amide bonds. The zero-order valence-corrected chi connectivity index (χ0v) is 35.6. The van der Waals surface area contributed by atoms with Crippen LogP contribution in [0.15, 0.2) is 136 Å². The molecule has 0 saturated carbocycles. The number of rotatable bonds is 1. The van der Waals surface area contributed by atoms with E-state index >= 15 is 0 Å². The summed E-state index contributed by atoms with van der Waals surface area (Å²) in [4.78, 5) is 7.94. The molecule has 0 saturated heterocycles. The fourth-order valence-electron chi connectivity index (χ4n) is 12.0. The number of aryl methyl sites for hydroxylation is 1. The van der Waals surface area contributed by atoms with Gasteiger partial charge in [-0.3, -0.25) is 0 Å². The lowest BCUT2D eigenvalue weighted by Crippen LogP contribution is -2.62. The van der Waals surface area contributed by atoms with Gasteiger partial charge in [0.1, 0.15) is 5.58 Å². The molecule has 0 fully saturated rings. The van der Waals surface area contributed by atoms with E-state index in [2.05, 4.69) is 180 Å². The Balaban J connectivity index is 1.24. The highest BCUT2D eigenvalue weighted by atomic mass is 32.2. The third kappa shape index (κ3) is 4.22. The van der Waals surface area contributed by atoms with Crippen molar-refractivity contribution in [3.63, 3.8) is 0 Å². The van der Waals surface area contributed by atoms with Crippen LogP contribution in [0.25, 0.3) is 44.2 Å². The molecule has 1 aromatic heterocycles. The lowest BCUT2D eigenvalue weighted by atomic mass is 9.42. The van der Waals surface area contributed by atoms with Crippen LogP contribution in [0.5, 0.6) is 0 Å². The van der Waals surface area contributed by atoms with E-state index in [0.717, 1.165) is 34.0 Å². The summed E-state index contributed by atoms with van der Waals surface area (Å²) >= 11 is 1.91. The maximum Gasteiger partial charge on any atom is 0.333 e. The van der Waals surface area contributed by atoms with Crippen LogP contribution in [0, 0.1) is 6.92 Å². The largest absolute Gasteiger partial charge is 0.454 e. The molecular formula is C54H45BN2OS. The second-order valence-electron chi connectivity index (χ2n) is 19.5. The lowest BCUT2D eigenvalue weighted by molar-refractivity contribution is 0.332. The molecule has 2 aliphatic carbocycles. The van der Waals surface area contributed by atoms with Crippen LogP contribution in [-0.4, -0.2) is 6.85 Å². The molecule has 4 heterocycles. The van der Waals surface area contributed by atoms with Gasteiger partial charge < -0.3 is 14.1 Å². The molecule has 0 atom stereocenters. The van der Waals surface area contributed by atoms with E-state index in [4.69, 9.17) is 4.42 Å². The monoisotopic (exact) mass is 780 g/mol. The van der Waals surface area contributed by atoms with Crippen LogP contribution in [0.3, 0.4) is 0 Å². The highest BCUT2D eigenvalue weighted by molar-refractivity contribution is 7.99. The number of furan rings is 1. The molecule has 7 aromatic carbocycles. The fourth-order valence-corrected chi connectivity index (χ4v) is 13.1. The van der Waals surface area contributed by atoms with Gasteiger partial charge in [0.05, 0.1) is 11.4 Å². The maximum atomic E-state index is 7.15. The van der Waals surface area contributed by atoms with Gasteiger partial charge in [0.2, 0.25) is 0 Å². The van der Waals surface area contributed by atoms with Crippen LogP contribution >= 0.6 is 11.8 Å². The summed E-state index contributed by atoms with van der Waals surface area (Å²) in [6.07, 6.45) is 2.34. The third-order valence-electron chi connectivity index (χ3n) is 15.0. The zero-order chi connectivity index (χ0) is 39.9. The summed E-state index contributed by atoms with van der Waals surface area (Å²) in [5.41, 5.74) is 23.2. The van der Waals surface area contributed by atoms with E-state index in [-0.39, 0.29) is 23.1 Å². The average Bonchev–Trinajstić information content (AvgIpc) is 3.72. The van der Waals surface area contributed by atoms with Crippen LogP contribution < -0.4 is 20.6 Å². The second kappa shape index (κ2) is 11.1. The molecule has 5 aliphatic rings. The van der Waals surface area contributed by atoms with Gasteiger partial charge in [-0.05, 0) is 122 Å². The van der Waals surface area contributed by atoms with Crippen molar-refractivity contribution in [1.29, 1.82) is 0 Å². The molecule has 0 bridgehead atoms. The molecule has 0 radical (unpaired) electrons. The molecule has 0 spiro atoms. The summed E-state index contributed by atoms with van der Waals surface area (Å²) in [5, 5.41) is 2.31. The van der Waals surface area contributed by atoms with Crippen molar-refractivity contribution in [3.05, 3.63) is 149 Å². The Bertz CT molecular complexity index is 3220. The molecule has 3 aliphatic heterocycles. The molecular weight excluding hydrogens is 735 g/mol. The SMILES string of the molecule is Cc1cc2c(cc1N1c3cc4c(c5c3B(c3ccc6c(oc7ccccc76)c31)N1c3ccccc3Sc3cccc-5c31)C(C)(C)c1ccccc1-4)C(C)(C)CCC2(C)C. The summed E-state index contributed by atoms with van der Waals surface area (Å²) in [6, 6.07) is 46.3. The minimum absolute atomic E-state index is 0.0463. The standard InChI is InChI=1S/C54H45BN2OS/c1-30-27-37-38(53(4,5)26-25-52(37,2)3)29-41(30)56-42-28-35-31-15-8-10-18-36(31)54(6,7)47(35)46-34-17-14-22-45-49(34)57(40-19-11-13-21-44(40)59-45)55(48(42)46)39-24-23-33-32-16-9-12-20-43(32)58-51(33)50(39)56/h8-24,27-29H,25-26H2,1-7H3. The Kier molecular flexibility index (Phi) is 6.46. The molecule has 13 rings (SSSR count). The molecule has 59 heavy (non-hydrogen) atoms. The molecule has 0 unspecified atom stereocenters. The Morgan fingerprint density at radius 1 is 0.593 bits per heavy atom. The third-order valence-corrected chi connectivity index (χ3v) is 16.1. The van der Waals surface area contributed by atoms with E-state index < -0.39 is 0 Å². The van der Waals surface area contributed by atoms with Crippen LogP contribution in [0.2, 0.25) is 0 Å². The topological polar surface area (TPSA) is 19.6 Å². The van der Waals surface area contributed by atoms with Gasteiger partial charge in [0.15, 0.2) is 5.58 Å². The molecule has 3 nitrogen and oxygen atoms in total. The van der Waals surface area contributed by atoms with Crippen molar-refractivity contribution in [1.82, 2.24) is 0 Å². The van der Waals surface area contributed by atoms with Crippen molar-refractivity contribution in [2.24, 2.45) is 0 Å². The Hall–Kier alpha value is -5.65. The molecule has 286 valence electrons. The van der Waals surface area contributed by atoms with Gasteiger partial charge in [-0.1, -0.05) is 138 Å². The highest BCUT2D eigenvalue weighted by Crippen LogP contribution is 2.61. The van der Waals surface area contributed by atoms with Crippen molar-refractivity contribution in [2.75, 3.05) is 9.71 Å². The first kappa shape index (κ1) is 34.2. The smallest absolute Gasteiger partial charge is 0.333 e. The van der Waals surface area contributed by atoms with Crippen LogP contribution in [0.1, 0.15) is 82.2 Å². The van der Waals surface area contributed by atoms with Gasteiger partial charge in [0.25, 0.3) is 0 Å². The molecule has 8 aromatic rings. The van der Waals surface area contributed by atoms with E-state index in [9.17, 15) is 0 Å². The van der Waals surface area contributed by atoms with Crippen molar-refractivity contribution < 1.29 is 4.42 Å². The van der Waals surface area contributed by atoms with Gasteiger partial charge in [-0.25, -0.2) is 0 Å². The van der Waals surface area contributed by atoms with Gasteiger partial charge in [-0.2, -0.15) is 0 Å². The normalized spacial score (nSPS) is 17.8. The summed E-state index contributed by atoms with van der Waals surface area (Å²) in [5.74, 6) is 0. The van der Waals surface area contributed by atoms with E-state index in [1.54, 1.807) is 0 Å². The lowest BCUT2D eigenvalue weighted by Gasteiger charge is -2.49. The first-order chi connectivity index (χ1) is 28.4.